The number of ketones is 1. The number of aryl methyl sites for hydroxylation is 1. The fourth-order valence-electron chi connectivity index (χ4n) is 4.56. The van der Waals surface area contributed by atoms with Crippen molar-refractivity contribution >= 4 is 22.1 Å². The zero-order valence-electron chi connectivity index (χ0n) is 17.1. The number of carbonyl (C=O) groups excluding carboxylic acids is 1. The largest absolute Gasteiger partial charge is 0.293 e. The Kier molecular flexibility index (Phi) is 4.80. The molecule has 0 bridgehead atoms. The van der Waals surface area contributed by atoms with Crippen LogP contribution in [0, 0.1) is 12.8 Å². The second-order valence-corrected chi connectivity index (χ2v) is 8.23. The van der Waals surface area contributed by atoms with Crippen molar-refractivity contribution in [3.63, 3.8) is 0 Å². The lowest BCUT2D eigenvalue weighted by Gasteiger charge is -2.20. The van der Waals surface area contributed by atoms with Crippen molar-refractivity contribution in [1.29, 1.82) is 0 Å². The van der Waals surface area contributed by atoms with E-state index in [4.69, 9.17) is 0 Å². The second-order valence-electron chi connectivity index (χ2n) is 8.23. The Labute approximate surface area is 177 Å². The molecule has 0 spiro atoms. The number of fused-ring (bicyclic) bond motifs is 1. The van der Waals surface area contributed by atoms with Crippen LogP contribution in [0.1, 0.15) is 39.4 Å². The van der Waals surface area contributed by atoms with E-state index in [2.05, 4.69) is 79.7 Å². The molecular weight excluding hydrogens is 364 g/mol. The average molecular weight is 389 g/mol. The molecule has 1 heteroatoms. The van der Waals surface area contributed by atoms with Crippen LogP contribution in [0.15, 0.2) is 103 Å². The van der Waals surface area contributed by atoms with Crippen molar-refractivity contribution in [2.45, 2.75) is 19.3 Å². The van der Waals surface area contributed by atoms with Crippen LogP contribution in [0.25, 0.3) is 16.3 Å². The lowest BCUT2D eigenvalue weighted by atomic mass is 9.82. The summed E-state index contributed by atoms with van der Waals surface area (Å²) >= 11 is 0. The van der Waals surface area contributed by atoms with E-state index >= 15 is 0 Å². The van der Waals surface area contributed by atoms with E-state index in [0.29, 0.717) is 0 Å². The number of hydrogen-bond acceptors (Lipinski definition) is 1. The molecule has 4 aromatic carbocycles. The third-order valence-corrected chi connectivity index (χ3v) is 6.24. The molecule has 0 fully saturated rings. The summed E-state index contributed by atoms with van der Waals surface area (Å²) in [5.41, 5.74) is 5.76. The van der Waals surface area contributed by atoms with Gasteiger partial charge in [-0.1, -0.05) is 109 Å². The second kappa shape index (κ2) is 7.76. The van der Waals surface area contributed by atoms with Gasteiger partial charge in [0.1, 0.15) is 0 Å². The summed E-state index contributed by atoms with van der Waals surface area (Å²) in [6.07, 6.45) is 3.09. The first-order valence-electron chi connectivity index (χ1n) is 10.5. The van der Waals surface area contributed by atoms with Crippen LogP contribution in [0.5, 0.6) is 0 Å². The van der Waals surface area contributed by atoms with Crippen molar-refractivity contribution in [2.24, 2.45) is 5.92 Å². The molecule has 0 saturated heterocycles. The highest BCUT2D eigenvalue weighted by Crippen LogP contribution is 2.44. The maximum atomic E-state index is 13.5. The van der Waals surface area contributed by atoms with E-state index in [1.807, 2.05) is 30.3 Å². The molecule has 4 aromatic rings. The topological polar surface area (TPSA) is 17.1 Å². The Bertz CT molecular complexity index is 1230. The maximum Gasteiger partial charge on any atom is 0.170 e. The molecule has 0 amide bonds. The molecular formula is C29H24O. The lowest BCUT2D eigenvalue weighted by molar-refractivity contribution is 0.0935. The van der Waals surface area contributed by atoms with Gasteiger partial charge in [0.05, 0.1) is 0 Å². The minimum atomic E-state index is -0.148. The summed E-state index contributed by atoms with van der Waals surface area (Å²) in [5, 5.41) is 2.46. The Morgan fingerprint density at radius 2 is 1.47 bits per heavy atom. The first kappa shape index (κ1) is 18.6. The van der Waals surface area contributed by atoms with E-state index < -0.39 is 0 Å². The van der Waals surface area contributed by atoms with Crippen molar-refractivity contribution in [3.05, 3.63) is 125 Å². The van der Waals surface area contributed by atoms with Crippen molar-refractivity contribution < 1.29 is 4.79 Å². The molecule has 0 radical (unpaired) electrons. The van der Waals surface area contributed by atoms with Gasteiger partial charge >= 0.3 is 0 Å². The molecule has 1 aliphatic rings. The van der Waals surface area contributed by atoms with Crippen molar-refractivity contribution in [3.8, 4) is 0 Å². The Hall–Kier alpha value is -3.45. The van der Waals surface area contributed by atoms with Gasteiger partial charge in [-0.25, -0.2) is 0 Å². The molecule has 5 rings (SSSR count). The zero-order valence-corrected chi connectivity index (χ0v) is 17.1. The van der Waals surface area contributed by atoms with E-state index in [9.17, 15) is 4.79 Å². The first-order chi connectivity index (χ1) is 14.7. The van der Waals surface area contributed by atoms with Crippen LogP contribution in [0.4, 0.5) is 0 Å². The third kappa shape index (κ3) is 3.48. The molecule has 0 aliphatic heterocycles. The highest BCUT2D eigenvalue weighted by molar-refractivity contribution is 6.01. The molecule has 1 nitrogen and oxygen atoms in total. The summed E-state index contributed by atoms with van der Waals surface area (Å²) in [5.74, 6) is 0.208. The van der Waals surface area contributed by atoms with Crippen LogP contribution < -0.4 is 0 Å². The number of allylic oxidation sites excluding steroid dienone is 2. The zero-order chi connectivity index (χ0) is 20.5. The third-order valence-electron chi connectivity index (χ3n) is 6.24. The summed E-state index contributed by atoms with van der Waals surface area (Å²) in [7, 11) is 0. The van der Waals surface area contributed by atoms with Gasteiger partial charge in [-0.3, -0.25) is 4.79 Å². The fraction of sp³-hybridized carbons (Fsp3) is 0.138. The van der Waals surface area contributed by atoms with Gasteiger partial charge < -0.3 is 0 Å². The molecule has 2 unspecified atom stereocenters. The minimum Gasteiger partial charge on any atom is -0.293 e. The van der Waals surface area contributed by atoms with Gasteiger partial charge in [0, 0.05) is 17.4 Å². The summed E-state index contributed by atoms with van der Waals surface area (Å²) in [6.45, 7) is 2.10. The van der Waals surface area contributed by atoms with Crippen molar-refractivity contribution in [2.75, 3.05) is 0 Å². The Morgan fingerprint density at radius 1 is 0.767 bits per heavy atom. The smallest absolute Gasteiger partial charge is 0.170 e. The average Bonchev–Trinajstić information content (AvgIpc) is 3.25. The molecule has 30 heavy (non-hydrogen) atoms. The molecule has 0 aromatic heterocycles. The van der Waals surface area contributed by atoms with Gasteiger partial charge in [-0.15, -0.1) is 0 Å². The number of rotatable bonds is 4. The van der Waals surface area contributed by atoms with Gasteiger partial charge in [-0.2, -0.15) is 0 Å². The summed E-state index contributed by atoms with van der Waals surface area (Å²) < 4.78 is 0. The molecule has 1 aliphatic carbocycles. The van der Waals surface area contributed by atoms with Crippen LogP contribution >= 0.6 is 0 Å². The maximum absolute atomic E-state index is 13.5. The Balaban J connectivity index is 1.57. The van der Waals surface area contributed by atoms with Crippen LogP contribution in [-0.4, -0.2) is 5.78 Å². The predicted octanol–water partition coefficient (Wildman–Crippen LogP) is 7.22. The molecule has 2 atom stereocenters. The van der Waals surface area contributed by atoms with E-state index in [-0.39, 0.29) is 17.6 Å². The predicted molar refractivity (Wildman–Crippen MR) is 125 cm³/mol. The number of hydrogen-bond donors (Lipinski definition) is 0. The Morgan fingerprint density at radius 3 is 2.23 bits per heavy atom. The van der Waals surface area contributed by atoms with Crippen LogP contribution in [-0.2, 0) is 0 Å². The quantitative estimate of drug-likeness (QED) is 0.337. The summed E-state index contributed by atoms with van der Waals surface area (Å²) in [4.78, 5) is 13.5. The first-order valence-corrected chi connectivity index (χ1v) is 10.5. The van der Waals surface area contributed by atoms with Crippen LogP contribution in [0.2, 0.25) is 0 Å². The normalized spacial score (nSPS) is 18.4. The molecule has 0 saturated carbocycles. The summed E-state index contributed by atoms with van der Waals surface area (Å²) in [6, 6.07) is 33.4. The van der Waals surface area contributed by atoms with Gasteiger partial charge in [0.25, 0.3) is 0 Å². The van der Waals surface area contributed by atoms with E-state index in [1.165, 1.54) is 33.0 Å². The number of carbonyl (C=O) groups is 1. The minimum absolute atomic E-state index is 0.148. The number of benzene rings is 4. The van der Waals surface area contributed by atoms with E-state index in [0.717, 1.165) is 12.0 Å². The molecule has 0 heterocycles. The monoisotopic (exact) mass is 388 g/mol. The highest BCUT2D eigenvalue weighted by atomic mass is 16.1. The SMILES string of the molecule is Cc1ccc(C2=CC(C(=O)c3ccccc3)C(c3ccc4ccccc4c3)C2)cc1. The standard InChI is InChI=1S/C29H24O/c1-20-11-13-22(14-12-20)26-18-27(25-16-15-21-7-5-6-10-24(21)17-25)28(19-26)29(30)23-8-3-2-4-9-23/h2-17,19,27-28H,18H2,1H3. The molecule has 0 N–H and O–H groups in total. The van der Waals surface area contributed by atoms with Gasteiger partial charge in [-0.05, 0) is 40.8 Å². The van der Waals surface area contributed by atoms with Gasteiger partial charge in [0.2, 0.25) is 0 Å². The van der Waals surface area contributed by atoms with Crippen molar-refractivity contribution in [1.82, 2.24) is 0 Å². The molecule has 146 valence electrons. The van der Waals surface area contributed by atoms with Gasteiger partial charge in [0.15, 0.2) is 5.78 Å². The highest BCUT2D eigenvalue weighted by Gasteiger charge is 2.34. The van der Waals surface area contributed by atoms with Crippen LogP contribution in [0.3, 0.4) is 0 Å². The number of Topliss-reactive ketones (excluding diaryl/α,β-unsaturated/α-hetero) is 1. The lowest BCUT2D eigenvalue weighted by Crippen LogP contribution is -2.17. The fourth-order valence-corrected chi connectivity index (χ4v) is 4.56. The van der Waals surface area contributed by atoms with E-state index in [1.54, 1.807) is 0 Å².